The van der Waals surface area contributed by atoms with Gasteiger partial charge in [0.15, 0.2) is 0 Å². The number of carboxylic acids is 1. The number of carbonyl (C=O) groups is 1. The molecule has 4 heteroatoms. The lowest BCUT2D eigenvalue weighted by molar-refractivity contribution is 0.0694. The molecule has 1 aromatic carbocycles. The summed E-state index contributed by atoms with van der Waals surface area (Å²) in [5, 5.41) is 19.3. The van der Waals surface area contributed by atoms with Gasteiger partial charge >= 0.3 is 5.97 Å². The molecule has 0 spiro atoms. The van der Waals surface area contributed by atoms with E-state index in [0.717, 1.165) is 25.7 Å². The van der Waals surface area contributed by atoms with E-state index in [2.05, 4.69) is 0 Å². The Balaban J connectivity index is 2.46. The summed E-state index contributed by atoms with van der Waals surface area (Å²) in [6.45, 7) is 1.76. The van der Waals surface area contributed by atoms with Gasteiger partial charge in [0.05, 0.1) is 5.56 Å². The van der Waals surface area contributed by atoms with Crippen molar-refractivity contribution in [2.45, 2.75) is 38.6 Å². The highest BCUT2D eigenvalue weighted by Gasteiger charge is 2.29. The van der Waals surface area contributed by atoms with Crippen LogP contribution in [0.2, 0.25) is 0 Å². The molecule has 0 bridgehead atoms. The van der Waals surface area contributed by atoms with E-state index in [-0.39, 0.29) is 17.2 Å². The number of rotatable bonds is 3. The number of aromatic carboxylic acids is 1. The summed E-state index contributed by atoms with van der Waals surface area (Å²) in [4.78, 5) is 11.2. The topological polar surface area (TPSA) is 83.5 Å². The third kappa shape index (κ3) is 2.20. The van der Waals surface area contributed by atoms with Gasteiger partial charge in [-0.15, -0.1) is 0 Å². The van der Waals surface area contributed by atoms with E-state index in [1.54, 1.807) is 13.0 Å². The number of hydrogen-bond acceptors (Lipinski definition) is 3. The van der Waals surface area contributed by atoms with Crippen LogP contribution in [-0.4, -0.2) is 16.2 Å². The molecule has 1 atom stereocenters. The molecule has 1 aliphatic carbocycles. The summed E-state index contributed by atoms with van der Waals surface area (Å²) in [5.74, 6) is -0.723. The van der Waals surface area contributed by atoms with Gasteiger partial charge in [-0.2, -0.15) is 0 Å². The second kappa shape index (κ2) is 4.98. The first kappa shape index (κ1) is 12.9. The molecule has 18 heavy (non-hydrogen) atoms. The maximum atomic E-state index is 11.2. The zero-order valence-electron chi connectivity index (χ0n) is 10.5. The molecule has 2 rings (SSSR count). The van der Waals surface area contributed by atoms with E-state index in [1.165, 1.54) is 6.07 Å². The number of benzene rings is 1. The number of phenolic OH excluding ortho intramolecular Hbond substituents is 1. The van der Waals surface area contributed by atoms with Crippen LogP contribution < -0.4 is 5.73 Å². The minimum atomic E-state index is -1.03. The van der Waals surface area contributed by atoms with Gasteiger partial charge in [0.2, 0.25) is 0 Å². The smallest absolute Gasteiger partial charge is 0.336 e. The van der Waals surface area contributed by atoms with E-state index < -0.39 is 12.0 Å². The Hall–Kier alpha value is -1.55. The van der Waals surface area contributed by atoms with Crippen LogP contribution in [0.4, 0.5) is 0 Å². The molecule has 1 saturated carbocycles. The van der Waals surface area contributed by atoms with Crippen LogP contribution in [0.15, 0.2) is 12.1 Å². The number of phenols is 1. The van der Waals surface area contributed by atoms with Gasteiger partial charge in [0.25, 0.3) is 0 Å². The molecule has 4 nitrogen and oxygen atoms in total. The lowest BCUT2D eigenvalue weighted by Crippen LogP contribution is -2.22. The molecule has 1 aromatic rings. The minimum absolute atomic E-state index is 0.0364. The van der Waals surface area contributed by atoms with Crippen molar-refractivity contribution >= 4 is 5.97 Å². The van der Waals surface area contributed by atoms with E-state index in [1.807, 2.05) is 0 Å². The van der Waals surface area contributed by atoms with Gasteiger partial charge in [-0.25, -0.2) is 4.79 Å². The molecule has 0 radical (unpaired) electrons. The fourth-order valence-corrected chi connectivity index (χ4v) is 2.79. The summed E-state index contributed by atoms with van der Waals surface area (Å²) in [5.41, 5.74) is 7.38. The van der Waals surface area contributed by atoms with Crippen LogP contribution in [0.25, 0.3) is 0 Å². The Morgan fingerprint density at radius 1 is 1.39 bits per heavy atom. The Labute approximate surface area is 106 Å². The van der Waals surface area contributed by atoms with Gasteiger partial charge < -0.3 is 15.9 Å². The van der Waals surface area contributed by atoms with E-state index in [9.17, 15) is 15.0 Å². The van der Waals surface area contributed by atoms with Gasteiger partial charge in [0.1, 0.15) is 5.75 Å². The maximum Gasteiger partial charge on any atom is 0.336 e. The lowest BCUT2D eigenvalue weighted by Gasteiger charge is -2.22. The first-order chi connectivity index (χ1) is 8.52. The van der Waals surface area contributed by atoms with E-state index >= 15 is 0 Å². The van der Waals surface area contributed by atoms with E-state index in [4.69, 9.17) is 5.73 Å². The molecule has 0 unspecified atom stereocenters. The van der Waals surface area contributed by atoms with Crippen molar-refractivity contribution < 1.29 is 15.0 Å². The molecule has 0 saturated heterocycles. The SMILES string of the molecule is Cc1ccc(C(=O)O)c([C@@H](N)C2CCCC2)c1O. The highest BCUT2D eigenvalue weighted by atomic mass is 16.4. The quantitative estimate of drug-likeness (QED) is 0.768. The van der Waals surface area contributed by atoms with Gasteiger partial charge in [-0.1, -0.05) is 18.9 Å². The summed E-state index contributed by atoms with van der Waals surface area (Å²) in [6.07, 6.45) is 4.28. The minimum Gasteiger partial charge on any atom is -0.507 e. The predicted octanol–water partition coefficient (Wildman–Crippen LogP) is 2.59. The maximum absolute atomic E-state index is 11.2. The largest absolute Gasteiger partial charge is 0.507 e. The highest BCUT2D eigenvalue weighted by Crippen LogP contribution is 2.39. The molecular weight excluding hydrogens is 230 g/mol. The third-order valence-corrected chi connectivity index (χ3v) is 3.89. The first-order valence-electron chi connectivity index (χ1n) is 6.33. The number of nitrogens with two attached hydrogens (primary N) is 1. The highest BCUT2D eigenvalue weighted by molar-refractivity contribution is 5.90. The fraction of sp³-hybridized carbons (Fsp3) is 0.500. The normalized spacial score (nSPS) is 17.9. The van der Waals surface area contributed by atoms with E-state index in [0.29, 0.717) is 11.1 Å². The third-order valence-electron chi connectivity index (χ3n) is 3.89. The average molecular weight is 249 g/mol. The Bertz CT molecular complexity index is 464. The Kier molecular flexibility index (Phi) is 3.57. The molecule has 98 valence electrons. The molecular formula is C14H19NO3. The number of carboxylic acid groups (broad SMARTS) is 1. The summed E-state index contributed by atoms with van der Waals surface area (Å²) in [7, 11) is 0. The summed E-state index contributed by atoms with van der Waals surface area (Å²) in [6, 6.07) is 2.75. The average Bonchev–Trinajstić information content (AvgIpc) is 2.84. The fourth-order valence-electron chi connectivity index (χ4n) is 2.79. The van der Waals surface area contributed by atoms with Crippen molar-refractivity contribution in [1.82, 2.24) is 0 Å². The van der Waals surface area contributed by atoms with Crippen LogP contribution in [-0.2, 0) is 0 Å². The monoisotopic (exact) mass is 249 g/mol. The molecule has 0 amide bonds. The van der Waals surface area contributed by atoms with Crippen molar-refractivity contribution in [3.8, 4) is 5.75 Å². The van der Waals surface area contributed by atoms with Gasteiger partial charge in [-0.05, 0) is 37.3 Å². The zero-order valence-corrected chi connectivity index (χ0v) is 10.5. The molecule has 1 fully saturated rings. The molecule has 4 N–H and O–H groups in total. The first-order valence-corrected chi connectivity index (χ1v) is 6.33. The lowest BCUT2D eigenvalue weighted by atomic mass is 9.87. The summed E-state index contributed by atoms with van der Waals surface area (Å²) < 4.78 is 0. The molecule has 0 aliphatic heterocycles. The Morgan fingerprint density at radius 3 is 2.56 bits per heavy atom. The standard InChI is InChI=1S/C14H19NO3/c1-8-6-7-10(14(17)18)11(13(8)16)12(15)9-4-2-3-5-9/h6-7,9,12,16H,2-5,15H2,1H3,(H,17,18)/t12-/m0/s1. The van der Waals surface area contributed by atoms with Crippen molar-refractivity contribution in [3.63, 3.8) is 0 Å². The van der Waals surface area contributed by atoms with Gasteiger partial charge in [0, 0.05) is 11.6 Å². The van der Waals surface area contributed by atoms with Crippen molar-refractivity contribution in [3.05, 3.63) is 28.8 Å². The van der Waals surface area contributed by atoms with Crippen LogP contribution in [0.3, 0.4) is 0 Å². The van der Waals surface area contributed by atoms with Crippen LogP contribution in [0.5, 0.6) is 5.75 Å². The zero-order chi connectivity index (χ0) is 13.3. The van der Waals surface area contributed by atoms with Crippen LogP contribution in [0.1, 0.15) is 53.2 Å². The second-order valence-corrected chi connectivity index (χ2v) is 5.07. The summed E-state index contributed by atoms with van der Waals surface area (Å²) >= 11 is 0. The van der Waals surface area contributed by atoms with Gasteiger partial charge in [-0.3, -0.25) is 0 Å². The predicted molar refractivity (Wildman–Crippen MR) is 68.7 cm³/mol. The van der Waals surface area contributed by atoms with Crippen LogP contribution in [0, 0.1) is 12.8 Å². The van der Waals surface area contributed by atoms with Crippen molar-refractivity contribution in [1.29, 1.82) is 0 Å². The second-order valence-electron chi connectivity index (χ2n) is 5.07. The number of aromatic hydroxyl groups is 1. The van der Waals surface area contributed by atoms with Crippen molar-refractivity contribution in [2.75, 3.05) is 0 Å². The molecule has 0 heterocycles. The molecule has 0 aromatic heterocycles. The van der Waals surface area contributed by atoms with Crippen molar-refractivity contribution in [2.24, 2.45) is 11.7 Å². The molecule has 1 aliphatic rings. The Morgan fingerprint density at radius 2 is 2.00 bits per heavy atom. The number of aryl methyl sites for hydroxylation is 1. The van der Waals surface area contributed by atoms with Crippen LogP contribution >= 0.6 is 0 Å². The number of hydrogen-bond donors (Lipinski definition) is 3.